The second-order valence-corrected chi connectivity index (χ2v) is 4.97. The zero-order valence-corrected chi connectivity index (χ0v) is 11.8. The van der Waals surface area contributed by atoms with Crippen LogP contribution < -0.4 is 10.6 Å². The summed E-state index contributed by atoms with van der Waals surface area (Å²) >= 11 is 0. The van der Waals surface area contributed by atoms with E-state index in [1.807, 2.05) is 18.9 Å². The maximum atomic E-state index is 11.9. The van der Waals surface area contributed by atoms with Crippen molar-refractivity contribution in [3.8, 4) is 0 Å². The fourth-order valence-corrected chi connectivity index (χ4v) is 2.58. The Kier molecular flexibility index (Phi) is 3.97. The molecule has 106 valence electrons. The quantitative estimate of drug-likeness (QED) is 0.841. The number of nitrogens with zero attached hydrogens (tertiary/aromatic N) is 3. The molecule has 1 aliphatic carbocycles. The summed E-state index contributed by atoms with van der Waals surface area (Å²) < 4.78 is 6.64. The summed E-state index contributed by atoms with van der Waals surface area (Å²) in [7, 11) is 3.26. The number of carbonyl (C=O) groups is 1. The maximum Gasteiger partial charge on any atom is 0.345 e. The lowest BCUT2D eigenvalue weighted by atomic mass is 10.2. The molecule has 2 N–H and O–H groups in total. The maximum absolute atomic E-state index is 11.9. The van der Waals surface area contributed by atoms with Gasteiger partial charge in [0.05, 0.1) is 13.2 Å². The van der Waals surface area contributed by atoms with Crippen molar-refractivity contribution < 1.29 is 9.53 Å². The second-order valence-electron chi connectivity index (χ2n) is 4.97. The van der Waals surface area contributed by atoms with Gasteiger partial charge in [0.25, 0.3) is 0 Å². The van der Waals surface area contributed by atoms with Gasteiger partial charge >= 0.3 is 5.97 Å². The molecular formula is C13H22N4O2. The Bertz CT molecular complexity index is 463. The SMILES string of the molecule is CCN(C)c1nn(C2CCCC2)c(N)c1C(=O)OC. The van der Waals surface area contributed by atoms with Crippen molar-refractivity contribution in [2.24, 2.45) is 0 Å². The summed E-state index contributed by atoms with van der Waals surface area (Å²) in [6.45, 7) is 2.76. The van der Waals surface area contributed by atoms with Crippen molar-refractivity contribution in [3.63, 3.8) is 0 Å². The summed E-state index contributed by atoms with van der Waals surface area (Å²) in [5.41, 5.74) is 6.51. The van der Waals surface area contributed by atoms with Crippen LogP contribution in [0.25, 0.3) is 0 Å². The lowest BCUT2D eigenvalue weighted by Crippen LogP contribution is -2.19. The normalized spacial score (nSPS) is 15.7. The lowest BCUT2D eigenvalue weighted by Gasteiger charge is -2.14. The van der Waals surface area contributed by atoms with E-state index in [4.69, 9.17) is 10.5 Å². The lowest BCUT2D eigenvalue weighted by molar-refractivity contribution is 0.0602. The molecule has 6 heteroatoms. The molecule has 0 spiro atoms. The van der Waals surface area contributed by atoms with Crippen LogP contribution in [-0.4, -0.2) is 36.5 Å². The molecule has 0 bridgehead atoms. The van der Waals surface area contributed by atoms with Gasteiger partial charge in [-0.2, -0.15) is 5.10 Å². The smallest absolute Gasteiger partial charge is 0.345 e. The number of esters is 1. The molecule has 1 aromatic heterocycles. The first-order valence-corrected chi connectivity index (χ1v) is 6.77. The van der Waals surface area contributed by atoms with Gasteiger partial charge in [-0.05, 0) is 19.8 Å². The van der Waals surface area contributed by atoms with Crippen molar-refractivity contribution in [2.45, 2.75) is 38.6 Å². The van der Waals surface area contributed by atoms with Crippen LogP contribution in [0.15, 0.2) is 0 Å². The minimum Gasteiger partial charge on any atom is -0.465 e. The molecule has 0 amide bonds. The first kappa shape index (κ1) is 13.7. The number of methoxy groups -OCH3 is 1. The molecule has 0 saturated heterocycles. The van der Waals surface area contributed by atoms with Crippen molar-refractivity contribution >= 4 is 17.6 Å². The predicted molar refractivity (Wildman–Crippen MR) is 74.4 cm³/mol. The minimum atomic E-state index is -0.419. The molecule has 0 aliphatic heterocycles. The van der Waals surface area contributed by atoms with E-state index < -0.39 is 5.97 Å². The van der Waals surface area contributed by atoms with Gasteiger partial charge in [-0.25, -0.2) is 9.48 Å². The van der Waals surface area contributed by atoms with Crippen LogP contribution in [0.4, 0.5) is 11.6 Å². The third-order valence-electron chi connectivity index (χ3n) is 3.83. The number of anilines is 2. The van der Waals surface area contributed by atoms with E-state index in [0.29, 0.717) is 23.2 Å². The predicted octanol–water partition coefficient (Wildman–Crippen LogP) is 1.82. The number of hydrogen-bond donors (Lipinski definition) is 1. The van der Waals surface area contributed by atoms with E-state index >= 15 is 0 Å². The zero-order chi connectivity index (χ0) is 14.0. The summed E-state index contributed by atoms with van der Waals surface area (Å²) in [5, 5.41) is 4.55. The molecule has 6 nitrogen and oxygen atoms in total. The molecule has 1 saturated carbocycles. The molecule has 1 aliphatic rings. The monoisotopic (exact) mass is 266 g/mol. The Balaban J connectivity index is 2.46. The van der Waals surface area contributed by atoms with Gasteiger partial charge < -0.3 is 15.4 Å². The van der Waals surface area contributed by atoms with E-state index in [1.165, 1.54) is 20.0 Å². The summed E-state index contributed by atoms with van der Waals surface area (Å²) in [5.74, 6) is 0.616. The number of nitrogens with two attached hydrogens (primary N) is 1. The molecule has 0 unspecified atom stereocenters. The highest BCUT2D eigenvalue weighted by Gasteiger charge is 2.29. The third kappa shape index (κ3) is 2.39. The Morgan fingerprint density at radius 1 is 1.53 bits per heavy atom. The first-order chi connectivity index (χ1) is 9.10. The summed E-state index contributed by atoms with van der Waals surface area (Å²) in [4.78, 5) is 13.8. The van der Waals surface area contributed by atoms with Crippen molar-refractivity contribution in [2.75, 3.05) is 31.3 Å². The fourth-order valence-electron chi connectivity index (χ4n) is 2.58. The molecule has 0 atom stereocenters. The standard InChI is InChI=1S/C13H22N4O2/c1-4-16(2)12-10(13(18)19-3)11(14)17(15-12)9-7-5-6-8-9/h9H,4-8,14H2,1-3H3. The number of nitrogen functional groups attached to an aromatic ring is 1. The molecule has 0 radical (unpaired) electrons. The Labute approximate surface area is 113 Å². The van der Waals surface area contributed by atoms with Crippen LogP contribution in [0.5, 0.6) is 0 Å². The molecule has 1 fully saturated rings. The third-order valence-corrected chi connectivity index (χ3v) is 3.83. The van der Waals surface area contributed by atoms with Gasteiger partial charge in [-0.3, -0.25) is 0 Å². The van der Waals surface area contributed by atoms with E-state index in [1.54, 1.807) is 4.68 Å². The van der Waals surface area contributed by atoms with Gasteiger partial charge in [-0.1, -0.05) is 12.8 Å². The van der Waals surface area contributed by atoms with Crippen LogP contribution >= 0.6 is 0 Å². The first-order valence-electron chi connectivity index (χ1n) is 6.77. The van der Waals surface area contributed by atoms with Crippen LogP contribution in [-0.2, 0) is 4.74 Å². The van der Waals surface area contributed by atoms with Gasteiger partial charge in [-0.15, -0.1) is 0 Å². The highest BCUT2D eigenvalue weighted by molar-refractivity contribution is 5.99. The van der Waals surface area contributed by atoms with Crippen LogP contribution in [0.1, 0.15) is 49.0 Å². The second kappa shape index (κ2) is 5.50. The van der Waals surface area contributed by atoms with E-state index in [9.17, 15) is 4.79 Å². The van der Waals surface area contributed by atoms with Crippen molar-refractivity contribution in [3.05, 3.63) is 5.56 Å². The Morgan fingerprint density at radius 2 is 2.16 bits per heavy atom. The summed E-state index contributed by atoms with van der Waals surface area (Å²) in [6.07, 6.45) is 4.52. The number of carbonyl (C=O) groups excluding carboxylic acids is 1. The van der Waals surface area contributed by atoms with Crippen molar-refractivity contribution in [1.29, 1.82) is 0 Å². The van der Waals surface area contributed by atoms with Crippen LogP contribution in [0.2, 0.25) is 0 Å². The summed E-state index contributed by atoms with van der Waals surface area (Å²) in [6, 6.07) is 0.308. The highest BCUT2D eigenvalue weighted by atomic mass is 16.5. The Hall–Kier alpha value is -1.72. The van der Waals surface area contributed by atoms with Gasteiger partial charge in [0.1, 0.15) is 11.4 Å². The number of aromatic nitrogens is 2. The van der Waals surface area contributed by atoms with E-state index in [-0.39, 0.29) is 0 Å². The number of rotatable bonds is 4. The van der Waals surface area contributed by atoms with Gasteiger partial charge in [0, 0.05) is 13.6 Å². The van der Waals surface area contributed by atoms with Crippen molar-refractivity contribution in [1.82, 2.24) is 9.78 Å². The zero-order valence-electron chi connectivity index (χ0n) is 11.8. The fraction of sp³-hybridized carbons (Fsp3) is 0.692. The minimum absolute atomic E-state index is 0.308. The van der Waals surface area contributed by atoms with Gasteiger partial charge in [0.15, 0.2) is 5.82 Å². The average Bonchev–Trinajstić information content (AvgIpc) is 3.04. The van der Waals surface area contributed by atoms with Gasteiger partial charge in [0.2, 0.25) is 0 Å². The molecule has 2 rings (SSSR count). The molecular weight excluding hydrogens is 244 g/mol. The number of ether oxygens (including phenoxy) is 1. The molecule has 19 heavy (non-hydrogen) atoms. The number of hydrogen-bond acceptors (Lipinski definition) is 5. The average molecular weight is 266 g/mol. The van der Waals surface area contributed by atoms with Crippen LogP contribution in [0, 0.1) is 0 Å². The van der Waals surface area contributed by atoms with E-state index in [2.05, 4.69) is 5.10 Å². The molecule has 1 aromatic rings. The molecule has 1 heterocycles. The topological polar surface area (TPSA) is 73.4 Å². The van der Waals surface area contributed by atoms with Crippen LogP contribution in [0.3, 0.4) is 0 Å². The molecule has 0 aromatic carbocycles. The highest BCUT2D eigenvalue weighted by Crippen LogP contribution is 2.35. The largest absolute Gasteiger partial charge is 0.465 e. The Morgan fingerprint density at radius 3 is 2.68 bits per heavy atom. The van der Waals surface area contributed by atoms with E-state index in [0.717, 1.165) is 19.4 Å².